The number of benzene rings is 1. The zero-order chi connectivity index (χ0) is 13.8. The summed E-state index contributed by atoms with van der Waals surface area (Å²) in [4.78, 5) is 4.31. The zero-order valence-corrected chi connectivity index (χ0v) is 11.1. The summed E-state index contributed by atoms with van der Waals surface area (Å²) in [5.41, 5.74) is 12.5. The molecule has 0 saturated heterocycles. The minimum absolute atomic E-state index is 0.0480. The average Bonchev–Trinajstić information content (AvgIpc) is 2.70. The monoisotopic (exact) mass is 258 g/mol. The molecule has 0 fully saturated rings. The minimum atomic E-state index is -0.0480. The molecule has 1 heterocycles. The summed E-state index contributed by atoms with van der Waals surface area (Å²) in [7, 11) is 4.11. The van der Waals surface area contributed by atoms with E-state index in [0.29, 0.717) is 0 Å². The molecule has 0 atom stereocenters. The first kappa shape index (κ1) is 12.9. The third kappa shape index (κ3) is 3.04. The molecule has 19 heavy (non-hydrogen) atoms. The van der Waals surface area contributed by atoms with Gasteiger partial charge in [-0.05, 0) is 11.1 Å². The highest BCUT2D eigenvalue weighted by atomic mass is 15.4. The zero-order valence-electron chi connectivity index (χ0n) is 11.1. The van der Waals surface area contributed by atoms with E-state index in [9.17, 15) is 0 Å². The fourth-order valence-electron chi connectivity index (χ4n) is 2.05. The number of nitrogens with two attached hydrogens (primary N) is 2. The Morgan fingerprint density at radius 2 is 1.68 bits per heavy atom. The smallest absolute Gasteiger partial charge is 0.211 e. The van der Waals surface area contributed by atoms with Crippen molar-refractivity contribution in [2.45, 2.75) is 6.17 Å². The van der Waals surface area contributed by atoms with E-state index in [4.69, 9.17) is 11.5 Å². The van der Waals surface area contributed by atoms with E-state index < -0.39 is 0 Å². The van der Waals surface area contributed by atoms with Gasteiger partial charge in [0.05, 0.1) is 6.21 Å². The maximum Gasteiger partial charge on any atom is 0.211 e. The molecule has 4 N–H and O–H groups in total. The van der Waals surface area contributed by atoms with Crippen LogP contribution in [0.4, 0.5) is 0 Å². The molecule has 100 valence electrons. The summed E-state index contributed by atoms with van der Waals surface area (Å²) in [6, 6.07) is 8.12. The topological polar surface area (TPSA) is 83.2 Å². The Morgan fingerprint density at radius 3 is 2.21 bits per heavy atom. The Hall–Kier alpha value is -2.50. The summed E-state index contributed by atoms with van der Waals surface area (Å²) >= 11 is 0. The van der Waals surface area contributed by atoms with Crippen LogP contribution in [-0.2, 0) is 0 Å². The molecule has 0 aromatic heterocycles. The molecule has 0 aliphatic carbocycles. The van der Waals surface area contributed by atoms with Crippen LogP contribution >= 0.6 is 0 Å². The van der Waals surface area contributed by atoms with Crippen LogP contribution in [0.1, 0.15) is 17.3 Å². The Balaban J connectivity index is 2.11. The Labute approximate surface area is 112 Å². The van der Waals surface area contributed by atoms with E-state index in [1.165, 1.54) is 5.56 Å². The summed E-state index contributed by atoms with van der Waals surface area (Å²) < 4.78 is 0. The van der Waals surface area contributed by atoms with Crippen molar-refractivity contribution in [2.75, 3.05) is 14.1 Å². The summed E-state index contributed by atoms with van der Waals surface area (Å²) in [5.74, 6) is -0.0480. The largest absolute Gasteiger partial charge is 0.369 e. The fourth-order valence-corrected chi connectivity index (χ4v) is 2.05. The lowest BCUT2D eigenvalue weighted by Crippen LogP contribution is -2.25. The fraction of sp³-hybridized carbons (Fsp3) is 0.231. The lowest BCUT2D eigenvalue weighted by atomic mass is 10.1. The highest BCUT2D eigenvalue weighted by molar-refractivity contribution is 5.81. The van der Waals surface area contributed by atoms with Crippen LogP contribution in [0.5, 0.6) is 0 Å². The third-order valence-corrected chi connectivity index (χ3v) is 2.92. The van der Waals surface area contributed by atoms with E-state index in [0.717, 1.165) is 5.56 Å². The minimum Gasteiger partial charge on any atom is -0.369 e. The molecule has 1 aromatic carbocycles. The number of hydrogen-bond acceptors (Lipinski definition) is 4. The van der Waals surface area contributed by atoms with Gasteiger partial charge in [0.2, 0.25) is 5.96 Å². The van der Waals surface area contributed by atoms with Gasteiger partial charge >= 0.3 is 0 Å². The normalized spacial score (nSPS) is 15.5. The Morgan fingerprint density at radius 1 is 1.11 bits per heavy atom. The van der Waals surface area contributed by atoms with E-state index in [-0.39, 0.29) is 12.1 Å². The lowest BCUT2D eigenvalue weighted by molar-refractivity contribution is 0.209. The molecule has 0 saturated carbocycles. The van der Waals surface area contributed by atoms with Crippen LogP contribution in [0.25, 0.3) is 0 Å². The van der Waals surface area contributed by atoms with Gasteiger partial charge in [-0.1, -0.05) is 24.3 Å². The van der Waals surface area contributed by atoms with Gasteiger partial charge in [0.1, 0.15) is 6.17 Å². The van der Waals surface area contributed by atoms with Crippen molar-refractivity contribution < 1.29 is 0 Å². The van der Waals surface area contributed by atoms with Crippen LogP contribution in [0.3, 0.4) is 0 Å². The highest BCUT2D eigenvalue weighted by Gasteiger charge is 2.21. The van der Waals surface area contributed by atoms with Gasteiger partial charge in [-0.25, -0.2) is 0 Å². The molecular formula is C13H18N6. The van der Waals surface area contributed by atoms with Gasteiger partial charge in [-0.2, -0.15) is 5.10 Å². The van der Waals surface area contributed by atoms with E-state index in [2.05, 4.69) is 58.6 Å². The van der Waals surface area contributed by atoms with Gasteiger partial charge in [-0.3, -0.25) is 0 Å². The van der Waals surface area contributed by atoms with Crippen LogP contribution in [0.2, 0.25) is 0 Å². The molecule has 0 unspecified atom stereocenters. The van der Waals surface area contributed by atoms with Gasteiger partial charge in [0, 0.05) is 26.5 Å². The first-order valence-electron chi connectivity index (χ1n) is 5.92. The highest BCUT2D eigenvalue weighted by Crippen LogP contribution is 2.27. The quantitative estimate of drug-likeness (QED) is 0.473. The molecule has 1 aromatic rings. The molecule has 2 rings (SSSR count). The average molecular weight is 258 g/mol. The van der Waals surface area contributed by atoms with Crippen LogP contribution in [0.15, 0.2) is 46.9 Å². The molecule has 0 bridgehead atoms. The third-order valence-electron chi connectivity index (χ3n) is 2.92. The Kier molecular flexibility index (Phi) is 3.70. The van der Waals surface area contributed by atoms with Gasteiger partial charge in [0.25, 0.3) is 0 Å². The maximum atomic E-state index is 5.19. The van der Waals surface area contributed by atoms with Crippen molar-refractivity contribution in [1.29, 1.82) is 0 Å². The molecule has 1 aliphatic rings. The SMILES string of the molecule is CN1C=CN(C)C1c1ccc(C=NN=C(N)N)cc1. The molecule has 0 radical (unpaired) electrons. The van der Waals surface area contributed by atoms with Crippen LogP contribution in [-0.4, -0.2) is 36.1 Å². The van der Waals surface area contributed by atoms with E-state index >= 15 is 0 Å². The first-order valence-corrected chi connectivity index (χ1v) is 5.92. The van der Waals surface area contributed by atoms with Crippen molar-refractivity contribution in [3.63, 3.8) is 0 Å². The first-order chi connectivity index (χ1) is 9.08. The molecule has 1 aliphatic heterocycles. The summed E-state index contributed by atoms with van der Waals surface area (Å²) in [6.45, 7) is 0. The van der Waals surface area contributed by atoms with Gasteiger partial charge in [0.15, 0.2) is 0 Å². The predicted molar refractivity (Wildman–Crippen MR) is 77.3 cm³/mol. The van der Waals surface area contributed by atoms with E-state index in [1.807, 2.05) is 12.1 Å². The lowest BCUT2D eigenvalue weighted by Gasteiger charge is -2.27. The standard InChI is InChI=1S/C13H18N6/c1-18-7-8-19(2)12(18)11-5-3-10(4-6-11)9-16-17-13(14)15/h3-9,12H,1-2H3,(H4,14,15,17). The predicted octanol–water partition coefficient (Wildman–Crippen LogP) is 0.641. The van der Waals surface area contributed by atoms with Crippen molar-refractivity contribution in [2.24, 2.45) is 21.7 Å². The number of rotatable bonds is 3. The van der Waals surface area contributed by atoms with Gasteiger partial charge < -0.3 is 21.3 Å². The van der Waals surface area contributed by atoms with Crippen LogP contribution in [0, 0.1) is 0 Å². The number of hydrogen-bond donors (Lipinski definition) is 2. The van der Waals surface area contributed by atoms with Crippen molar-refractivity contribution in [1.82, 2.24) is 9.80 Å². The Bertz CT molecular complexity index is 500. The van der Waals surface area contributed by atoms with Gasteiger partial charge in [-0.15, -0.1) is 5.10 Å². The molecule has 6 heteroatoms. The summed E-state index contributed by atoms with van der Waals surface area (Å²) in [6.07, 6.45) is 5.96. The maximum absolute atomic E-state index is 5.19. The molecule has 6 nitrogen and oxygen atoms in total. The summed E-state index contributed by atoms with van der Waals surface area (Å²) in [5, 5.41) is 7.34. The van der Waals surface area contributed by atoms with E-state index in [1.54, 1.807) is 6.21 Å². The van der Waals surface area contributed by atoms with Crippen molar-refractivity contribution in [3.8, 4) is 0 Å². The second kappa shape index (κ2) is 5.43. The number of nitrogens with zero attached hydrogens (tertiary/aromatic N) is 4. The van der Waals surface area contributed by atoms with Crippen molar-refractivity contribution in [3.05, 3.63) is 47.8 Å². The number of guanidine groups is 1. The molecule has 0 spiro atoms. The molecular weight excluding hydrogens is 240 g/mol. The second-order valence-corrected chi connectivity index (χ2v) is 4.44. The second-order valence-electron chi connectivity index (χ2n) is 4.44. The molecule has 0 amide bonds. The van der Waals surface area contributed by atoms with Crippen molar-refractivity contribution >= 4 is 12.2 Å². The van der Waals surface area contributed by atoms with Crippen LogP contribution < -0.4 is 11.5 Å².